The topological polar surface area (TPSA) is 64.2 Å². The van der Waals surface area contributed by atoms with Crippen molar-refractivity contribution in [3.8, 4) is 11.8 Å². The van der Waals surface area contributed by atoms with Gasteiger partial charge in [0.05, 0.1) is 25.3 Å². The van der Waals surface area contributed by atoms with Crippen LogP contribution >= 0.6 is 0 Å². The number of aromatic nitrogens is 1. The zero-order valence-electron chi connectivity index (χ0n) is 10.4. The molecule has 0 aliphatic carbocycles. The summed E-state index contributed by atoms with van der Waals surface area (Å²) in [6.45, 7) is 0. The first-order valence-electron chi connectivity index (χ1n) is 5.28. The van der Waals surface area contributed by atoms with Gasteiger partial charge in [-0.25, -0.2) is 4.79 Å². The van der Waals surface area contributed by atoms with Crippen molar-refractivity contribution in [3.63, 3.8) is 0 Å². The van der Waals surface area contributed by atoms with Crippen molar-refractivity contribution in [2.24, 2.45) is 7.05 Å². The van der Waals surface area contributed by atoms with Crippen molar-refractivity contribution in [2.45, 2.75) is 0 Å². The average molecular weight is 244 g/mol. The molecular formula is C13H12N2O3. The van der Waals surface area contributed by atoms with E-state index in [2.05, 4.69) is 6.07 Å². The van der Waals surface area contributed by atoms with Crippen LogP contribution in [-0.2, 0) is 11.8 Å². The standard InChI is InChI=1S/C13H12N2O3/c1-15-8(7-14)6-10-11(17-2)5-4-9(12(10)15)13(16)18-3/h4-6H,1-3H3. The van der Waals surface area contributed by atoms with E-state index in [-0.39, 0.29) is 0 Å². The maximum atomic E-state index is 11.7. The van der Waals surface area contributed by atoms with E-state index < -0.39 is 5.97 Å². The molecule has 5 nitrogen and oxygen atoms in total. The number of ether oxygens (including phenoxy) is 2. The lowest BCUT2D eigenvalue weighted by molar-refractivity contribution is 0.0602. The molecule has 18 heavy (non-hydrogen) atoms. The smallest absolute Gasteiger partial charge is 0.340 e. The van der Waals surface area contributed by atoms with Crippen LogP contribution in [0, 0.1) is 11.3 Å². The molecule has 2 rings (SSSR count). The van der Waals surface area contributed by atoms with Crippen molar-refractivity contribution in [3.05, 3.63) is 29.5 Å². The Bertz CT molecular complexity index is 665. The van der Waals surface area contributed by atoms with Crippen LogP contribution in [0.1, 0.15) is 16.1 Å². The van der Waals surface area contributed by atoms with Crippen molar-refractivity contribution in [1.29, 1.82) is 5.26 Å². The van der Waals surface area contributed by atoms with Gasteiger partial charge in [0.15, 0.2) is 0 Å². The number of nitriles is 1. The van der Waals surface area contributed by atoms with Crippen molar-refractivity contribution in [2.75, 3.05) is 14.2 Å². The van der Waals surface area contributed by atoms with Crippen LogP contribution in [0.5, 0.6) is 5.75 Å². The molecule has 2 aromatic rings. The Kier molecular flexibility index (Phi) is 2.94. The van der Waals surface area contributed by atoms with Crippen LogP contribution in [-0.4, -0.2) is 24.8 Å². The number of benzene rings is 1. The summed E-state index contributed by atoms with van der Waals surface area (Å²) in [6.07, 6.45) is 0. The fourth-order valence-electron chi connectivity index (χ4n) is 2.00. The minimum Gasteiger partial charge on any atom is -0.496 e. The summed E-state index contributed by atoms with van der Waals surface area (Å²) in [6, 6.07) is 7.09. The maximum Gasteiger partial charge on any atom is 0.340 e. The van der Waals surface area contributed by atoms with Gasteiger partial charge in [0.25, 0.3) is 0 Å². The zero-order valence-corrected chi connectivity index (χ0v) is 10.4. The molecule has 0 amide bonds. The van der Waals surface area contributed by atoms with Gasteiger partial charge in [-0.3, -0.25) is 0 Å². The molecule has 1 aromatic heterocycles. The van der Waals surface area contributed by atoms with Crippen LogP contribution < -0.4 is 4.74 Å². The second-order valence-corrected chi connectivity index (χ2v) is 3.77. The number of nitrogens with zero attached hydrogens (tertiary/aromatic N) is 2. The first-order valence-corrected chi connectivity index (χ1v) is 5.28. The van der Waals surface area contributed by atoms with E-state index in [1.54, 1.807) is 36.9 Å². The molecule has 0 fully saturated rings. The lowest BCUT2D eigenvalue weighted by Crippen LogP contribution is -2.05. The molecule has 0 aliphatic rings. The molecule has 1 heterocycles. The lowest BCUT2D eigenvalue weighted by atomic mass is 10.1. The molecule has 1 aromatic carbocycles. The predicted molar refractivity (Wildman–Crippen MR) is 65.5 cm³/mol. The van der Waals surface area contributed by atoms with Gasteiger partial charge in [0.2, 0.25) is 0 Å². The van der Waals surface area contributed by atoms with Gasteiger partial charge in [-0.2, -0.15) is 5.26 Å². The quantitative estimate of drug-likeness (QED) is 0.756. The summed E-state index contributed by atoms with van der Waals surface area (Å²) >= 11 is 0. The number of rotatable bonds is 2. The minimum atomic E-state index is -0.437. The number of esters is 1. The van der Waals surface area contributed by atoms with Gasteiger partial charge in [0.1, 0.15) is 17.5 Å². The number of carbonyl (C=O) groups excluding carboxylic acids is 1. The highest BCUT2D eigenvalue weighted by Crippen LogP contribution is 2.31. The van der Waals surface area contributed by atoms with E-state index in [0.717, 1.165) is 5.39 Å². The molecule has 5 heteroatoms. The molecule has 92 valence electrons. The average Bonchev–Trinajstić information content (AvgIpc) is 2.74. The van der Waals surface area contributed by atoms with Gasteiger partial charge in [-0.05, 0) is 18.2 Å². The molecule has 0 bridgehead atoms. The molecule has 0 atom stereocenters. The van der Waals surface area contributed by atoms with Crippen LogP contribution in [0.3, 0.4) is 0 Å². The van der Waals surface area contributed by atoms with Crippen molar-refractivity contribution in [1.82, 2.24) is 4.57 Å². The Balaban J connectivity index is 2.88. The molecule has 0 saturated carbocycles. The van der Waals surface area contributed by atoms with Gasteiger partial charge in [-0.15, -0.1) is 0 Å². The van der Waals surface area contributed by atoms with E-state index in [4.69, 9.17) is 14.7 Å². The summed E-state index contributed by atoms with van der Waals surface area (Å²) < 4.78 is 11.6. The van der Waals surface area contributed by atoms with Crippen molar-refractivity contribution >= 4 is 16.9 Å². The Hall–Kier alpha value is -2.48. The largest absolute Gasteiger partial charge is 0.496 e. The number of hydrogen-bond donors (Lipinski definition) is 0. The molecule has 0 N–H and O–H groups in total. The molecule has 0 spiro atoms. The van der Waals surface area contributed by atoms with E-state index in [9.17, 15) is 4.79 Å². The predicted octanol–water partition coefficient (Wildman–Crippen LogP) is 1.85. The zero-order chi connectivity index (χ0) is 13.3. The van der Waals surface area contributed by atoms with Gasteiger partial charge in [-0.1, -0.05) is 0 Å². The van der Waals surface area contributed by atoms with Crippen LogP contribution in [0.25, 0.3) is 10.9 Å². The second kappa shape index (κ2) is 4.41. The fraction of sp³-hybridized carbons (Fsp3) is 0.231. The van der Waals surface area contributed by atoms with E-state index in [1.807, 2.05) is 0 Å². The van der Waals surface area contributed by atoms with Crippen LogP contribution in [0.15, 0.2) is 18.2 Å². The minimum absolute atomic E-state index is 0.414. The normalized spacial score (nSPS) is 10.1. The maximum absolute atomic E-state index is 11.7. The first-order chi connectivity index (χ1) is 8.63. The molecular weight excluding hydrogens is 232 g/mol. The number of carbonyl (C=O) groups is 1. The third-order valence-corrected chi connectivity index (χ3v) is 2.89. The Morgan fingerprint density at radius 3 is 2.67 bits per heavy atom. The highest BCUT2D eigenvalue weighted by Gasteiger charge is 2.18. The molecule has 0 radical (unpaired) electrons. The SMILES string of the molecule is COC(=O)c1ccc(OC)c2cc(C#N)n(C)c12. The third kappa shape index (κ3) is 1.59. The second-order valence-electron chi connectivity index (χ2n) is 3.77. The molecule has 0 aliphatic heterocycles. The van der Waals surface area contributed by atoms with E-state index >= 15 is 0 Å². The molecule has 0 unspecified atom stereocenters. The Morgan fingerprint density at radius 2 is 2.11 bits per heavy atom. The monoisotopic (exact) mass is 244 g/mol. The van der Waals surface area contributed by atoms with E-state index in [0.29, 0.717) is 22.5 Å². The Labute approximate surface area is 104 Å². The fourth-order valence-corrected chi connectivity index (χ4v) is 2.00. The summed E-state index contributed by atoms with van der Waals surface area (Å²) in [5.74, 6) is 0.183. The van der Waals surface area contributed by atoms with E-state index in [1.165, 1.54) is 7.11 Å². The number of fused-ring (bicyclic) bond motifs is 1. The van der Waals surface area contributed by atoms with Gasteiger partial charge in [0, 0.05) is 12.4 Å². The summed E-state index contributed by atoms with van der Waals surface area (Å²) in [4.78, 5) is 11.7. The van der Waals surface area contributed by atoms with Gasteiger partial charge >= 0.3 is 5.97 Å². The molecule has 0 saturated heterocycles. The first kappa shape index (κ1) is 12.0. The third-order valence-electron chi connectivity index (χ3n) is 2.89. The highest BCUT2D eigenvalue weighted by atomic mass is 16.5. The van der Waals surface area contributed by atoms with Crippen LogP contribution in [0.4, 0.5) is 0 Å². The van der Waals surface area contributed by atoms with Gasteiger partial charge < -0.3 is 14.0 Å². The number of aryl methyl sites for hydroxylation is 1. The number of hydrogen-bond acceptors (Lipinski definition) is 4. The van der Waals surface area contributed by atoms with Crippen molar-refractivity contribution < 1.29 is 14.3 Å². The summed E-state index contributed by atoms with van der Waals surface area (Å²) in [7, 11) is 4.60. The lowest BCUT2D eigenvalue weighted by Gasteiger charge is -2.07. The van der Waals surface area contributed by atoms with Crippen LogP contribution in [0.2, 0.25) is 0 Å². The number of methoxy groups -OCH3 is 2. The summed E-state index contributed by atoms with van der Waals surface area (Å²) in [5.41, 5.74) is 1.51. The highest BCUT2D eigenvalue weighted by molar-refractivity contribution is 6.05. The Morgan fingerprint density at radius 1 is 1.39 bits per heavy atom. The summed E-state index contributed by atoms with van der Waals surface area (Å²) in [5, 5.41) is 9.76.